The first-order valence-electron chi connectivity index (χ1n) is 9.36. The van der Waals surface area contributed by atoms with Gasteiger partial charge in [-0.05, 0) is 29.3 Å². The summed E-state index contributed by atoms with van der Waals surface area (Å²) in [7, 11) is -3.97. The summed E-state index contributed by atoms with van der Waals surface area (Å²) in [6.45, 7) is -0.421. The average molecular weight is 481 g/mol. The van der Waals surface area contributed by atoms with Gasteiger partial charge in [-0.15, -0.1) is 0 Å². The summed E-state index contributed by atoms with van der Waals surface area (Å²) in [4.78, 5) is 7.43. The molecular formula is C21H16ClF3N4O2S. The predicted octanol–water partition coefficient (Wildman–Crippen LogP) is 4.60. The van der Waals surface area contributed by atoms with Gasteiger partial charge < -0.3 is 5.32 Å². The SMILES string of the molecule is O=S1(=O)NC(=NCc2cccnc2C(F)(F)F)Nc2c(Cc3ccccc3Cl)cccc21. The number of hydrogen-bond acceptors (Lipinski definition) is 4. The largest absolute Gasteiger partial charge is 0.433 e. The van der Waals surface area contributed by atoms with Crippen LogP contribution in [-0.2, 0) is 29.2 Å². The maximum Gasteiger partial charge on any atom is 0.433 e. The fourth-order valence-electron chi connectivity index (χ4n) is 3.32. The molecule has 4 rings (SSSR count). The molecule has 2 heterocycles. The summed E-state index contributed by atoms with van der Waals surface area (Å²) < 4.78 is 67.3. The zero-order valence-corrected chi connectivity index (χ0v) is 17.9. The number of fused-ring (bicyclic) bond motifs is 1. The number of anilines is 1. The smallest absolute Gasteiger partial charge is 0.324 e. The van der Waals surface area contributed by atoms with Gasteiger partial charge in [-0.2, -0.15) is 13.2 Å². The molecule has 6 nitrogen and oxygen atoms in total. The topological polar surface area (TPSA) is 83.5 Å². The molecule has 0 fully saturated rings. The molecule has 1 aliphatic heterocycles. The van der Waals surface area contributed by atoms with Gasteiger partial charge in [0.25, 0.3) is 10.0 Å². The normalized spacial score (nSPS) is 16.2. The van der Waals surface area contributed by atoms with E-state index in [2.05, 4.69) is 20.0 Å². The molecule has 0 radical (unpaired) electrons. The number of nitrogens with one attached hydrogen (secondary N) is 2. The Kier molecular flexibility index (Phi) is 5.83. The number of rotatable bonds is 4. The number of guanidine groups is 1. The number of nitrogens with zero attached hydrogens (tertiary/aromatic N) is 2. The van der Waals surface area contributed by atoms with Crippen molar-refractivity contribution in [2.75, 3.05) is 5.32 Å². The molecule has 3 aromatic rings. The summed E-state index contributed by atoms with van der Waals surface area (Å²) in [6.07, 6.45) is -3.26. The van der Waals surface area contributed by atoms with E-state index in [9.17, 15) is 21.6 Å². The summed E-state index contributed by atoms with van der Waals surface area (Å²) in [5.74, 6) is -0.180. The highest BCUT2D eigenvalue weighted by Crippen LogP contribution is 2.32. The number of halogens is 4. The van der Waals surface area contributed by atoms with Gasteiger partial charge >= 0.3 is 6.18 Å². The van der Waals surface area contributed by atoms with Gasteiger partial charge in [0.15, 0.2) is 0 Å². The fourth-order valence-corrected chi connectivity index (χ4v) is 4.71. The van der Waals surface area contributed by atoms with E-state index in [0.29, 0.717) is 22.7 Å². The summed E-state index contributed by atoms with van der Waals surface area (Å²) in [5.41, 5.74) is 0.494. The number of aliphatic imine (C=N–C) groups is 1. The Balaban J connectivity index is 1.68. The van der Waals surface area contributed by atoms with Crippen LogP contribution in [0.3, 0.4) is 0 Å². The molecule has 2 N–H and O–H groups in total. The molecule has 166 valence electrons. The van der Waals surface area contributed by atoms with Crippen LogP contribution in [-0.4, -0.2) is 19.4 Å². The first-order chi connectivity index (χ1) is 15.1. The zero-order valence-electron chi connectivity index (χ0n) is 16.3. The van der Waals surface area contributed by atoms with Crippen LogP contribution in [0.15, 0.2) is 70.7 Å². The summed E-state index contributed by atoms with van der Waals surface area (Å²) >= 11 is 6.24. The van der Waals surface area contributed by atoms with Gasteiger partial charge in [-0.1, -0.05) is 48.0 Å². The highest BCUT2D eigenvalue weighted by Gasteiger charge is 2.35. The van der Waals surface area contributed by atoms with E-state index in [4.69, 9.17) is 11.6 Å². The standard InChI is InChI=1S/C21H16ClF3N4O2S/c22-16-8-2-1-5-13(16)11-14-6-3-9-17-18(14)28-20(29-32(17,30)31)27-12-15-7-4-10-26-19(15)21(23,24)25/h1-10H,11-12H2,(H2,27,28,29). The number of sulfonamides is 1. The van der Waals surface area contributed by atoms with Crippen molar-refractivity contribution in [3.8, 4) is 0 Å². The van der Waals surface area contributed by atoms with Gasteiger partial charge in [0.05, 0.1) is 12.2 Å². The lowest BCUT2D eigenvalue weighted by atomic mass is 10.0. The van der Waals surface area contributed by atoms with Gasteiger partial charge in [0.1, 0.15) is 10.6 Å². The molecule has 0 atom stereocenters. The van der Waals surface area contributed by atoms with Crippen LogP contribution in [0.25, 0.3) is 0 Å². The minimum absolute atomic E-state index is 0.0124. The molecule has 2 aromatic carbocycles. The highest BCUT2D eigenvalue weighted by atomic mass is 35.5. The molecule has 1 aromatic heterocycles. The Hall–Kier alpha value is -3.11. The van der Waals surface area contributed by atoms with E-state index in [0.717, 1.165) is 11.8 Å². The van der Waals surface area contributed by atoms with Crippen LogP contribution < -0.4 is 10.0 Å². The van der Waals surface area contributed by atoms with Crippen LogP contribution in [0, 0.1) is 0 Å². The number of alkyl halides is 3. The molecule has 32 heavy (non-hydrogen) atoms. The molecule has 0 unspecified atom stereocenters. The minimum atomic E-state index is -4.65. The number of aromatic nitrogens is 1. The molecule has 0 saturated carbocycles. The Labute approximate surface area is 187 Å². The second kappa shape index (κ2) is 8.44. The van der Waals surface area contributed by atoms with E-state index in [1.807, 2.05) is 12.1 Å². The molecule has 0 spiro atoms. The molecule has 0 bridgehead atoms. The van der Waals surface area contributed by atoms with Crippen molar-refractivity contribution in [2.24, 2.45) is 4.99 Å². The van der Waals surface area contributed by atoms with Crippen molar-refractivity contribution in [2.45, 2.75) is 24.0 Å². The lowest BCUT2D eigenvalue weighted by Crippen LogP contribution is -2.41. The van der Waals surface area contributed by atoms with Crippen LogP contribution in [0.5, 0.6) is 0 Å². The van der Waals surface area contributed by atoms with Crippen molar-refractivity contribution in [3.05, 3.63) is 88.2 Å². The molecule has 0 amide bonds. The summed E-state index contributed by atoms with van der Waals surface area (Å²) in [6, 6.07) is 14.6. The Bertz CT molecular complexity index is 1310. The van der Waals surface area contributed by atoms with Crippen molar-refractivity contribution in [3.63, 3.8) is 0 Å². The molecule has 0 saturated heterocycles. The Morgan fingerprint density at radius 3 is 2.44 bits per heavy atom. The van der Waals surface area contributed by atoms with Crippen LogP contribution in [0.1, 0.15) is 22.4 Å². The molecule has 1 aliphatic rings. The van der Waals surface area contributed by atoms with Crippen LogP contribution in [0.4, 0.5) is 18.9 Å². The third-order valence-corrected chi connectivity index (χ3v) is 6.53. The van der Waals surface area contributed by atoms with Crippen LogP contribution >= 0.6 is 11.6 Å². The Morgan fingerprint density at radius 1 is 0.969 bits per heavy atom. The maximum atomic E-state index is 13.2. The highest BCUT2D eigenvalue weighted by molar-refractivity contribution is 7.90. The van der Waals surface area contributed by atoms with Crippen LogP contribution in [0.2, 0.25) is 5.02 Å². The predicted molar refractivity (Wildman–Crippen MR) is 115 cm³/mol. The van der Waals surface area contributed by atoms with Gasteiger partial charge in [0.2, 0.25) is 5.96 Å². The van der Waals surface area contributed by atoms with Gasteiger partial charge in [-0.3, -0.25) is 4.98 Å². The van der Waals surface area contributed by atoms with E-state index in [1.54, 1.807) is 24.3 Å². The van der Waals surface area contributed by atoms with E-state index < -0.39 is 28.4 Å². The lowest BCUT2D eigenvalue weighted by molar-refractivity contribution is -0.141. The van der Waals surface area contributed by atoms with Crippen molar-refractivity contribution >= 4 is 33.3 Å². The maximum absolute atomic E-state index is 13.2. The third-order valence-electron chi connectivity index (χ3n) is 4.78. The summed E-state index contributed by atoms with van der Waals surface area (Å²) in [5, 5.41) is 3.44. The van der Waals surface area contributed by atoms with Gasteiger partial charge in [-0.25, -0.2) is 18.1 Å². The lowest BCUT2D eigenvalue weighted by Gasteiger charge is -2.24. The van der Waals surface area contributed by atoms with E-state index >= 15 is 0 Å². The van der Waals surface area contributed by atoms with Crippen molar-refractivity contribution < 1.29 is 21.6 Å². The second-order valence-corrected chi connectivity index (χ2v) is 9.02. The van der Waals surface area contributed by atoms with Crippen molar-refractivity contribution in [1.82, 2.24) is 9.71 Å². The first-order valence-corrected chi connectivity index (χ1v) is 11.2. The Morgan fingerprint density at radius 2 is 1.69 bits per heavy atom. The molecule has 11 heteroatoms. The zero-order chi connectivity index (χ0) is 22.9. The van der Waals surface area contributed by atoms with E-state index in [-0.39, 0.29) is 16.4 Å². The minimum Gasteiger partial charge on any atom is -0.324 e. The number of para-hydroxylation sites is 1. The number of pyridine rings is 1. The first kappa shape index (κ1) is 22.1. The number of hydrogen-bond donors (Lipinski definition) is 2. The monoisotopic (exact) mass is 480 g/mol. The van der Waals surface area contributed by atoms with Gasteiger partial charge in [0, 0.05) is 23.2 Å². The third kappa shape index (κ3) is 4.56. The molecule has 0 aliphatic carbocycles. The number of benzene rings is 2. The second-order valence-electron chi connectivity index (χ2n) is 6.96. The molecular weight excluding hydrogens is 465 g/mol. The quantitative estimate of drug-likeness (QED) is 0.571. The van der Waals surface area contributed by atoms with E-state index in [1.165, 1.54) is 18.2 Å². The fraction of sp³-hybridized carbons (Fsp3) is 0.143. The average Bonchev–Trinajstić information content (AvgIpc) is 2.73. The van der Waals surface area contributed by atoms with Crippen molar-refractivity contribution in [1.29, 1.82) is 0 Å².